The summed E-state index contributed by atoms with van der Waals surface area (Å²) in [5, 5.41) is 13.3. The first-order chi connectivity index (χ1) is 8.78. The molecule has 11 heteroatoms. The minimum atomic E-state index is -4.50. The second-order valence-electron chi connectivity index (χ2n) is 3.40. The van der Waals surface area contributed by atoms with Crippen LogP contribution < -0.4 is 16.0 Å². The average molecular weight is 297 g/mol. The number of carbonyl (C=O) groups excluding carboxylic acids is 2. The Morgan fingerprint density at radius 2 is 2.16 bits per heavy atom. The molecule has 0 aliphatic carbocycles. The molecule has 0 bridgehead atoms. The molecule has 1 aromatic rings. The van der Waals surface area contributed by atoms with E-state index in [9.17, 15) is 22.8 Å². The van der Waals surface area contributed by atoms with Crippen LogP contribution in [0.4, 0.5) is 23.1 Å². The molecule has 1 unspecified atom stereocenters. The van der Waals surface area contributed by atoms with E-state index < -0.39 is 30.7 Å². The Labute approximate surface area is 109 Å². The molecule has 0 saturated carbocycles. The molecule has 3 N–H and O–H groups in total. The van der Waals surface area contributed by atoms with Crippen molar-refractivity contribution in [1.29, 1.82) is 0 Å². The fourth-order valence-corrected chi connectivity index (χ4v) is 1.40. The number of nitrogens with zero attached hydrogens (tertiary/aromatic N) is 2. The molecule has 1 rings (SSSR count). The van der Waals surface area contributed by atoms with Gasteiger partial charge in [0.15, 0.2) is 0 Å². The van der Waals surface area contributed by atoms with Crippen LogP contribution in [0.15, 0.2) is 5.51 Å². The van der Waals surface area contributed by atoms with Gasteiger partial charge in [0.05, 0.1) is 0 Å². The van der Waals surface area contributed by atoms with Crippen LogP contribution >= 0.6 is 11.3 Å². The molecule has 0 aliphatic rings. The van der Waals surface area contributed by atoms with E-state index in [1.54, 1.807) is 5.32 Å². The van der Waals surface area contributed by atoms with Crippen molar-refractivity contribution >= 4 is 28.4 Å². The molecule has 1 aromatic heterocycles. The van der Waals surface area contributed by atoms with Gasteiger partial charge in [-0.25, -0.2) is 4.79 Å². The van der Waals surface area contributed by atoms with Gasteiger partial charge in [0.25, 0.3) is 0 Å². The zero-order valence-electron chi connectivity index (χ0n) is 9.61. The van der Waals surface area contributed by atoms with Gasteiger partial charge in [-0.05, 0) is 6.92 Å². The number of alkyl halides is 3. The molecular formula is C8H10F3N5O2S. The van der Waals surface area contributed by atoms with E-state index in [1.165, 1.54) is 12.4 Å². The highest BCUT2D eigenvalue weighted by molar-refractivity contribution is 7.13. The summed E-state index contributed by atoms with van der Waals surface area (Å²) in [7, 11) is 0. The van der Waals surface area contributed by atoms with Crippen LogP contribution in [0.3, 0.4) is 0 Å². The van der Waals surface area contributed by atoms with Crippen molar-refractivity contribution < 1.29 is 22.8 Å². The Morgan fingerprint density at radius 1 is 1.47 bits per heavy atom. The predicted molar refractivity (Wildman–Crippen MR) is 60.6 cm³/mol. The first kappa shape index (κ1) is 15.1. The normalized spacial score (nSPS) is 12.6. The van der Waals surface area contributed by atoms with Gasteiger partial charge >= 0.3 is 12.2 Å². The van der Waals surface area contributed by atoms with Crippen LogP contribution in [0.1, 0.15) is 6.92 Å². The third-order valence-corrected chi connectivity index (χ3v) is 2.39. The van der Waals surface area contributed by atoms with Gasteiger partial charge in [0.1, 0.15) is 18.1 Å². The van der Waals surface area contributed by atoms with Crippen LogP contribution in [0.2, 0.25) is 0 Å². The van der Waals surface area contributed by atoms with Crippen LogP contribution in [-0.4, -0.2) is 40.9 Å². The second-order valence-corrected chi connectivity index (χ2v) is 4.23. The van der Waals surface area contributed by atoms with E-state index in [-0.39, 0.29) is 5.13 Å². The Morgan fingerprint density at radius 3 is 2.68 bits per heavy atom. The molecule has 1 atom stereocenters. The first-order valence-corrected chi connectivity index (χ1v) is 5.84. The Kier molecular flexibility index (Phi) is 5.03. The maximum atomic E-state index is 11.9. The van der Waals surface area contributed by atoms with Crippen molar-refractivity contribution in [2.45, 2.75) is 19.1 Å². The van der Waals surface area contributed by atoms with E-state index >= 15 is 0 Å². The molecule has 106 valence electrons. The number of urea groups is 1. The fourth-order valence-electron chi connectivity index (χ4n) is 0.963. The molecule has 0 saturated heterocycles. The molecule has 19 heavy (non-hydrogen) atoms. The number of halogens is 3. The summed E-state index contributed by atoms with van der Waals surface area (Å²) in [5.41, 5.74) is 1.38. The number of hydrogen-bond acceptors (Lipinski definition) is 5. The summed E-state index contributed by atoms with van der Waals surface area (Å²) in [4.78, 5) is 22.6. The minimum Gasteiger partial charge on any atom is -0.345 e. The van der Waals surface area contributed by atoms with Gasteiger partial charge < -0.3 is 10.6 Å². The molecule has 0 fully saturated rings. The monoisotopic (exact) mass is 297 g/mol. The summed E-state index contributed by atoms with van der Waals surface area (Å²) < 4.78 is 35.6. The topological polar surface area (TPSA) is 96.0 Å². The second kappa shape index (κ2) is 6.31. The van der Waals surface area contributed by atoms with Gasteiger partial charge in [0.2, 0.25) is 11.0 Å². The highest BCUT2D eigenvalue weighted by atomic mass is 32.1. The Hall–Kier alpha value is -1.91. The molecule has 1 heterocycles. The average Bonchev–Trinajstić information content (AvgIpc) is 2.77. The molecule has 0 aromatic carbocycles. The van der Waals surface area contributed by atoms with Crippen LogP contribution in [0.25, 0.3) is 0 Å². The fraction of sp³-hybridized carbons (Fsp3) is 0.500. The highest BCUT2D eigenvalue weighted by Crippen LogP contribution is 2.12. The first-order valence-electron chi connectivity index (χ1n) is 4.96. The van der Waals surface area contributed by atoms with Gasteiger partial charge in [-0.3, -0.25) is 10.1 Å². The maximum Gasteiger partial charge on any atom is 0.405 e. The third-order valence-electron chi connectivity index (χ3n) is 1.78. The van der Waals surface area contributed by atoms with E-state index in [0.29, 0.717) is 0 Å². The largest absolute Gasteiger partial charge is 0.405 e. The van der Waals surface area contributed by atoms with Crippen molar-refractivity contribution in [1.82, 2.24) is 20.8 Å². The zero-order chi connectivity index (χ0) is 14.5. The lowest BCUT2D eigenvalue weighted by Gasteiger charge is -2.14. The number of anilines is 1. The number of nitrogens with one attached hydrogen (secondary N) is 3. The van der Waals surface area contributed by atoms with Crippen LogP contribution in [0, 0.1) is 0 Å². The van der Waals surface area contributed by atoms with E-state index in [2.05, 4.69) is 20.8 Å². The Balaban J connectivity index is 2.35. The Bertz CT molecular complexity index is 436. The molecule has 7 nitrogen and oxygen atoms in total. The number of rotatable bonds is 4. The summed E-state index contributed by atoms with van der Waals surface area (Å²) >= 11 is 1.06. The molecule has 0 aliphatic heterocycles. The van der Waals surface area contributed by atoms with Crippen LogP contribution in [-0.2, 0) is 4.79 Å². The molecule has 3 amide bonds. The van der Waals surface area contributed by atoms with Gasteiger partial charge in [-0.1, -0.05) is 11.3 Å². The lowest BCUT2D eigenvalue weighted by atomic mass is 10.3. The smallest absolute Gasteiger partial charge is 0.345 e. The summed E-state index contributed by atoms with van der Waals surface area (Å²) in [6.07, 6.45) is -4.50. The quantitative estimate of drug-likeness (QED) is 0.763. The van der Waals surface area contributed by atoms with Crippen molar-refractivity contribution in [3.63, 3.8) is 0 Å². The summed E-state index contributed by atoms with van der Waals surface area (Å²) in [6, 6.07) is -1.87. The summed E-state index contributed by atoms with van der Waals surface area (Å²) in [6.45, 7) is -0.193. The van der Waals surface area contributed by atoms with Crippen LogP contribution in [0.5, 0.6) is 0 Å². The maximum absolute atomic E-state index is 11.9. The zero-order valence-corrected chi connectivity index (χ0v) is 10.4. The SMILES string of the molecule is CC(NC(=O)Nc1nncs1)C(=O)NCC(F)(F)F. The number of hydrogen-bond donors (Lipinski definition) is 3. The van der Waals surface area contributed by atoms with Gasteiger partial charge in [0, 0.05) is 0 Å². The minimum absolute atomic E-state index is 0.209. The predicted octanol–water partition coefficient (Wildman–Crippen LogP) is 0.727. The van der Waals surface area contributed by atoms with Crippen molar-refractivity contribution in [2.75, 3.05) is 11.9 Å². The number of amides is 3. The van der Waals surface area contributed by atoms with Gasteiger partial charge in [-0.2, -0.15) is 13.2 Å². The standard InChI is InChI=1S/C8H10F3N5O2S/c1-4(5(17)12-2-8(9,10)11)14-6(18)15-7-16-13-3-19-7/h3-4H,2H2,1H3,(H,12,17)(H2,14,15,16,18). The van der Waals surface area contributed by atoms with E-state index in [1.807, 2.05) is 0 Å². The number of carbonyl (C=O) groups is 2. The lowest BCUT2D eigenvalue weighted by Crippen LogP contribution is -2.48. The molecular weight excluding hydrogens is 287 g/mol. The number of aromatic nitrogens is 2. The third kappa shape index (κ3) is 5.99. The van der Waals surface area contributed by atoms with E-state index in [0.717, 1.165) is 11.3 Å². The lowest BCUT2D eigenvalue weighted by molar-refractivity contribution is -0.139. The highest BCUT2D eigenvalue weighted by Gasteiger charge is 2.29. The summed E-state index contributed by atoms with van der Waals surface area (Å²) in [5.74, 6) is -0.940. The van der Waals surface area contributed by atoms with Gasteiger partial charge in [-0.15, -0.1) is 10.2 Å². The molecule has 0 radical (unpaired) electrons. The van der Waals surface area contributed by atoms with Crippen molar-refractivity contribution in [3.05, 3.63) is 5.51 Å². The molecule has 0 spiro atoms. The van der Waals surface area contributed by atoms with Crippen molar-refractivity contribution in [2.24, 2.45) is 0 Å². The van der Waals surface area contributed by atoms with Crippen molar-refractivity contribution in [3.8, 4) is 0 Å². The van der Waals surface area contributed by atoms with E-state index in [4.69, 9.17) is 0 Å².